The second-order valence-corrected chi connectivity index (χ2v) is 9.38. The summed E-state index contributed by atoms with van der Waals surface area (Å²) < 4.78 is 33.4. The Balaban J connectivity index is 1.89. The van der Waals surface area contributed by atoms with Crippen LogP contribution in [0.2, 0.25) is 0 Å². The average Bonchev–Trinajstić information content (AvgIpc) is 2.67. The predicted molar refractivity (Wildman–Crippen MR) is 108 cm³/mol. The fraction of sp³-hybridized carbons (Fsp3) is 0.300. The van der Waals surface area contributed by atoms with Crippen LogP contribution in [0, 0.1) is 0 Å². The molecule has 0 unspecified atom stereocenters. The van der Waals surface area contributed by atoms with Crippen LogP contribution < -0.4 is 5.32 Å². The Morgan fingerprint density at radius 3 is 2.32 bits per heavy atom. The number of carbonyl (C=O) groups excluding carboxylic acids is 2. The van der Waals surface area contributed by atoms with E-state index in [9.17, 15) is 22.6 Å². The molecule has 2 aliphatic carbocycles. The summed E-state index contributed by atoms with van der Waals surface area (Å²) in [4.78, 5) is 25.9. The molecule has 2 N–H and O–H groups in total. The second kappa shape index (κ2) is 7.09. The number of rotatable bonds is 3. The van der Waals surface area contributed by atoms with Gasteiger partial charge in [0.05, 0.1) is 16.7 Å². The maximum absolute atomic E-state index is 13.3. The van der Waals surface area contributed by atoms with Gasteiger partial charge >= 0.3 is 0 Å². The fourth-order valence-corrected chi connectivity index (χ4v) is 5.27. The van der Waals surface area contributed by atoms with Crippen molar-refractivity contribution in [2.45, 2.75) is 43.0 Å². The highest BCUT2D eigenvalue weighted by atomic mass is 79.9. The lowest BCUT2D eigenvalue weighted by Crippen LogP contribution is -2.28. The molecule has 0 radical (unpaired) electrons. The molecule has 28 heavy (non-hydrogen) atoms. The summed E-state index contributed by atoms with van der Waals surface area (Å²) >= 11 is 3.32. The first kappa shape index (κ1) is 19.3. The van der Waals surface area contributed by atoms with E-state index in [-0.39, 0.29) is 28.3 Å². The molecular formula is C20H18BrNO5S. The van der Waals surface area contributed by atoms with Crippen molar-refractivity contribution in [3.05, 3.63) is 57.1 Å². The van der Waals surface area contributed by atoms with Crippen molar-refractivity contribution in [3.63, 3.8) is 0 Å². The average molecular weight is 464 g/mol. The van der Waals surface area contributed by atoms with Crippen LogP contribution in [-0.4, -0.2) is 30.6 Å². The van der Waals surface area contributed by atoms with Crippen LogP contribution in [0.5, 0.6) is 0 Å². The lowest BCUT2D eigenvalue weighted by atomic mass is 9.83. The van der Waals surface area contributed by atoms with Gasteiger partial charge in [-0.3, -0.25) is 14.1 Å². The van der Waals surface area contributed by atoms with Crippen LogP contribution in [-0.2, 0) is 10.1 Å². The molecule has 0 saturated heterocycles. The minimum absolute atomic E-state index is 0.0163. The Bertz CT molecular complexity index is 1100. The fourth-order valence-electron chi connectivity index (χ4n) is 4.05. The number of carbonyl (C=O) groups is 2. The van der Waals surface area contributed by atoms with Gasteiger partial charge in [0.15, 0.2) is 11.6 Å². The number of fused-ring (bicyclic) bond motifs is 2. The van der Waals surface area contributed by atoms with Crippen molar-refractivity contribution in [2.75, 3.05) is 5.32 Å². The van der Waals surface area contributed by atoms with Gasteiger partial charge in [-0.25, -0.2) is 0 Å². The molecule has 0 heterocycles. The van der Waals surface area contributed by atoms with Gasteiger partial charge in [-0.05, 0) is 31.0 Å². The van der Waals surface area contributed by atoms with E-state index in [1.54, 1.807) is 12.1 Å². The Morgan fingerprint density at radius 1 is 0.929 bits per heavy atom. The SMILES string of the molecule is O=C1c2c(cccc2S(=O)(=O)O)C(=O)c2c(NC3CCCCC3)ccc(Br)c21. The van der Waals surface area contributed by atoms with Crippen molar-refractivity contribution in [1.82, 2.24) is 0 Å². The highest BCUT2D eigenvalue weighted by Gasteiger charge is 2.37. The number of halogens is 1. The summed E-state index contributed by atoms with van der Waals surface area (Å²) in [5.74, 6) is -1.04. The van der Waals surface area contributed by atoms with Crippen LogP contribution in [0.25, 0.3) is 0 Å². The lowest BCUT2D eigenvalue weighted by molar-refractivity contribution is 0.0976. The second-order valence-electron chi connectivity index (χ2n) is 7.14. The van der Waals surface area contributed by atoms with Gasteiger partial charge in [-0.15, -0.1) is 0 Å². The topological polar surface area (TPSA) is 101 Å². The Kier molecular flexibility index (Phi) is 4.89. The van der Waals surface area contributed by atoms with E-state index in [1.165, 1.54) is 18.6 Å². The van der Waals surface area contributed by atoms with Gasteiger partial charge in [0.1, 0.15) is 4.90 Å². The molecule has 0 atom stereocenters. The van der Waals surface area contributed by atoms with E-state index < -0.39 is 26.6 Å². The Morgan fingerprint density at radius 2 is 1.64 bits per heavy atom. The highest BCUT2D eigenvalue weighted by molar-refractivity contribution is 9.10. The minimum Gasteiger partial charge on any atom is -0.382 e. The Hall–Kier alpha value is -2.03. The van der Waals surface area contributed by atoms with Gasteiger partial charge < -0.3 is 5.32 Å². The first-order valence-electron chi connectivity index (χ1n) is 9.08. The summed E-state index contributed by atoms with van der Waals surface area (Å²) in [5.41, 5.74) is 0.640. The molecule has 6 nitrogen and oxygen atoms in total. The molecule has 146 valence electrons. The summed E-state index contributed by atoms with van der Waals surface area (Å²) in [6, 6.07) is 7.56. The Labute approximate surface area is 171 Å². The van der Waals surface area contributed by atoms with Crippen molar-refractivity contribution < 1.29 is 22.6 Å². The van der Waals surface area contributed by atoms with Crippen molar-refractivity contribution in [2.24, 2.45) is 0 Å². The van der Waals surface area contributed by atoms with Gasteiger partial charge in [0.25, 0.3) is 10.1 Å². The maximum atomic E-state index is 13.3. The van der Waals surface area contributed by atoms with Crippen LogP contribution in [0.1, 0.15) is 63.9 Å². The van der Waals surface area contributed by atoms with E-state index >= 15 is 0 Å². The first-order valence-corrected chi connectivity index (χ1v) is 11.3. The van der Waals surface area contributed by atoms with E-state index in [2.05, 4.69) is 21.2 Å². The third kappa shape index (κ3) is 3.19. The summed E-state index contributed by atoms with van der Waals surface area (Å²) in [6.45, 7) is 0. The number of nitrogens with one attached hydrogen (secondary N) is 1. The third-order valence-electron chi connectivity index (χ3n) is 5.35. The zero-order chi connectivity index (χ0) is 20.1. The van der Waals surface area contributed by atoms with Crippen molar-refractivity contribution in [1.29, 1.82) is 0 Å². The lowest BCUT2D eigenvalue weighted by Gasteiger charge is -2.27. The standard InChI is InChI=1S/C20H18BrNO5S/c21-13-9-10-14(22-11-5-2-1-3-6-11)18-17(13)20(24)16-12(19(18)23)7-4-8-15(16)28(25,26)27/h4,7-11,22H,1-3,5-6H2,(H,25,26,27). The number of benzene rings is 2. The molecule has 2 aliphatic rings. The molecular weight excluding hydrogens is 446 g/mol. The van der Waals surface area contributed by atoms with E-state index in [4.69, 9.17) is 0 Å². The molecule has 1 saturated carbocycles. The molecule has 2 aromatic rings. The smallest absolute Gasteiger partial charge is 0.295 e. The van der Waals surface area contributed by atoms with Gasteiger partial charge in [0, 0.05) is 21.8 Å². The number of hydrogen-bond donors (Lipinski definition) is 2. The van der Waals surface area contributed by atoms with E-state index in [1.807, 2.05) is 0 Å². The molecule has 2 aromatic carbocycles. The number of ketones is 2. The maximum Gasteiger partial charge on any atom is 0.295 e. The molecule has 8 heteroatoms. The van der Waals surface area contributed by atoms with Gasteiger partial charge in [-0.1, -0.05) is 47.3 Å². The minimum atomic E-state index is -4.65. The zero-order valence-corrected chi connectivity index (χ0v) is 17.3. The van der Waals surface area contributed by atoms with Gasteiger partial charge in [-0.2, -0.15) is 8.42 Å². The quantitative estimate of drug-likeness (QED) is 0.564. The van der Waals surface area contributed by atoms with Crippen molar-refractivity contribution >= 4 is 43.3 Å². The molecule has 0 bridgehead atoms. The first-order chi connectivity index (χ1) is 13.3. The molecule has 0 spiro atoms. The van der Waals surface area contributed by atoms with Gasteiger partial charge in [0.2, 0.25) is 0 Å². The normalized spacial score (nSPS) is 17.2. The number of anilines is 1. The van der Waals surface area contributed by atoms with Crippen LogP contribution >= 0.6 is 15.9 Å². The number of hydrogen-bond acceptors (Lipinski definition) is 5. The van der Waals surface area contributed by atoms with Crippen molar-refractivity contribution in [3.8, 4) is 0 Å². The predicted octanol–water partition coefficient (Wildman–Crippen LogP) is 4.22. The van der Waals surface area contributed by atoms with Crippen LogP contribution in [0.3, 0.4) is 0 Å². The summed E-state index contributed by atoms with van der Waals surface area (Å²) in [5, 5.41) is 3.40. The largest absolute Gasteiger partial charge is 0.382 e. The summed E-state index contributed by atoms with van der Waals surface area (Å²) in [6.07, 6.45) is 5.42. The molecule has 1 fully saturated rings. The van der Waals surface area contributed by atoms with E-state index in [0.717, 1.165) is 31.7 Å². The zero-order valence-electron chi connectivity index (χ0n) is 14.9. The third-order valence-corrected chi connectivity index (χ3v) is 6.91. The van der Waals surface area contributed by atoms with E-state index in [0.29, 0.717) is 10.2 Å². The van der Waals surface area contributed by atoms with Crippen LogP contribution in [0.4, 0.5) is 5.69 Å². The molecule has 0 aliphatic heterocycles. The highest BCUT2D eigenvalue weighted by Crippen LogP contribution is 2.39. The summed E-state index contributed by atoms with van der Waals surface area (Å²) in [7, 11) is -4.65. The van der Waals surface area contributed by atoms with Crippen LogP contribution in [0.15, 0.2) is 39.7 Å². The molecule has 4 rings (SSSR count). The molecule has 0 aromatic heterocycles. The monoisotopic (exact) mass is 463 g/mol. The molecule has 0 amide bonds.